The zero-order valence-electron chi connectivity index (χ0n) is 4.96. The molecule has 0 aliphatic heterocycles. The quantitative estimate of drug-likeness (QED) is 0.425. The van der Waals surface area contributed by atoms with Crippen LogP contribution < -0.4 is 5.73 Å². The second kappa shape index (κ2) is 2.31. The average molecular weight is 120 g/mol. The van der Waals surface area contributed by atoms with Gasteiger partial charge in [0, 0.05) is 11.9 Å². The third kappa shape index (κ3) is 1.29. The molecule has 0 unspecified atom stereocenters. The molecule has 1 aromatic rings. The van der Waals surface area contributed by atoms with Gasteiger partial charge < -0.3 is 11.1 Å². The van der Waals surface area contributed by atoms with Crippen LogP contribution in [0.15, 0.2) is 24.3 Å². The summed E-state index contributed by atoms with van der Waals surface area (Å²) in [7, 11) is 0. The zero-order chi connectivity index (χ0) is 6.69. The van der Waals surface area contributed by atoms with E-state index < -0.39 is 0 Å². The van der Waals surface area contributed by atoms with Crippen molar-refractivity contribution >= 4 is 11.9 Å². The van der Waals surface area contributed by atoms with Gasteiger partial charge in [0.1, 0.15) is 0 Å². The molecular weight excluding hydrogens is 112 g/mol. The minimum absolute atomic E-state index is 0.705. The van der Waals surface area contributed by atoms with E-state index in [2.05, 4.69) is 0 Å². The van der Waals surface area contributed by atoms with Crippen molar-refractivity contribution in [1.29, 1.82) is 5.41 Å². The van der Waals surface area contributed by atoms with Crippen LogP contribution in [0.5, 0.6) is 0 Å². The van der Waals surface area contributed by atoms with E-state index in [4.69, 9.17) is 11.1 Å². The Bertz CT molecular complexity index is 218. The number of hydrogen-bond acceptors (Lipinski definition) is 2. The van der Waals surface area contributed by atoms with Gasteiger partial charge in [-0.1, -0.05) is 12.1 Å². The molecule has 0 aliphatic rings. The fourth-order valence-electron chi connectivity index (χ4n) is 0.649. The van der Waals surface area contributed by atoms with Crippen molar-refractivity contribution in [2.75, 3.05) is 5.73 Å². The molecular formula is C7H8N2. The highest BCUT2D eigenvalue weighted by Gasteiger charge is 1.84. The summed E-state index contributed by atoms with van der Waals surface area (Å²) in [4.78, 5) is 0. The molecule has 2 heteroatoms. The van der Waals surface area contributed by atoms with E-state index in [9.17, 15) is 0 Å². The van der Waals surface area contributed by atoms with Gasteiger partial charge in [-0.2, -0.15) is 0 Å². The van der Waals surface area contributed by atoms with Gasteiger partial charge >= 0.3 is 0 Å². The van der Waals surface area contributed by atoms with Crippen molar-refractivity contribution in [2.24, 2.45) is 0 Å². The Morgan fingerprint density at radius 2 is 2.22 bits per heavy atom. The maximum Gasteiger partial charge on any atom is 0.0320 e. The molecule has 0 saturated heterocycles. The average Bonchev–Trinajstić information content (AvgIpc) is 1.88. The lowest BCUT2D eigenvalue weighted by Gasteiger charge is -1.91. The minimum atomic E-state index is 0.705. The standard InChI is InChI=1S/C7H8N2/c8-5-6-2-1-3-7(9)4-6/h1-5,8H,9H2. The number of nitrogens with two attached hydrogens (primary N) is 1. The van der Waals surface area contributed by atoms with Crippen LogP contribution in [0, 0.1) is 5.41 Å². The van der Waals surface area contributed by atoms with E-state index in [0.29, 0.717) is 5.69 Å². The Morgan fingerprint density at radius 1 is 1.44 bits per heavy atom. The molecule has 1 aromatic carbocycles. The van der Waals surface area contributed by atoms with Crippen molar-refractivity contribution in [3.63, 3.8) is 0 Å². The first-order chi connectivity index (χ1) is 4.33. The molecule has 0 heterocycles. The predicted octanol–water partition coefficient (Wildman–Crippen LogP) is 1.27. The van der Waals surface area contributed by atoms with Gasteiger partial charge in [0.05, 0.1) is 0 Å². The van der Waals surface area contributed by atoms with Gasteiger partial charge in [-0.3, -0.25) is 0 Å². The summed E-state index contributed by atoms with van der Waals surface area (Å²) in [6.07, 6.45) is 1.27. The lowest BCUT2D eigenvalue weighted by molar-refractivity contribution is 1.54. The number of nitrogen functional groups attached to an aromatic ring is 1. The second-order valence-electron chi connectivity index (χ2n) is 1.81. The van der Waals surface area contributed by atoms with Gasteiger partial charge in [0.25, 0.3) is 0 Å². The summed E-state index contributed by atoms with van der Waals surface area (Å²) >= 11 is 0. The molecule has 46 valence electrons. The van der Waals surface area contributed by atoms with E-state index in [0.717, 1.165) is 5.56 Å². The Kier molecular flexibility index (Phi) is 1.49. The summed E-state index contributed by atoms with van der Waals surface area (Å²) in [5.74, 6) is 0. The SMILES string of the molecule is N=Cc1cccc(N)c1. The first-order valence-corrected chi connectivity index (χ1v) is 2.69. The molecule has 0 aliphatic carbocycles. The van der Waals surface area contributed by atoms with E-state index in [-0.39, 0.29) is 0 Å². The molecule has 0 amide bonds. The van der Waals surface area contributed by atoms with Gasteiger partial charge in [0.15, 0.2) is 0 Å². The largest absolute Gasteiger partial charge is 0.399 e. The fourth-order valence-corrected chi connectivity index (χ4v) is 0.649. The molecule has 0 atom stereocenters. The summed E-state index contributed by atoms with van der Waals surface area (Å²) in [6.45, 7) is 0. The Hall–Kier alpha value is -1.31. The number of rotatable bonds is 1. The first kappa shape index (κ1) is 5.82. The van der Waals surface area contributed by atoms with Crippen LogP contribution in [0.4, 0.5) is 5.69 Å². The highest BCUT2D eigenvalue weighted by Crippen LogP contribution is 2.02. The maximum absolute atomic E-state index is 6.86. The molecule has 1 rings (SSSR count). The number of hydrogen-bond donors (Lipinski definition) is 2. The van der Waals surface area contributed by atoms with E-state index in [1.165, 1.54) is 6.21 Å². The minimum Gasteiger partial charge on any atom is -0.399 e. The van der Waals surface area contributed by atoms with E-state index in [1.54, 1.807) is 12.1 Å². The van der Waals surface area contributed by atoms with E-state index in [1.807, 2.05) is 12.1 Å². The molecule has 0 bridgehead atoms. The van der Waals surface area contributed by atoms with Crippen LogP contribution in [0.1, 0.15) is 5.56 Å². The van der Waals surface area contributed by atoms with Gasteiger partial charge in [-0.05, 0) is 17.7 Å². The van der Waals surface area contributed by atoms with Gasteiger partial charge in [-0.25, -0.2) is 0 Å². The molecule has 0 saturated carbocycles. The third-order valence-corrected chi connectivity index (χ3v) is 1.08. The van der Waals surface area contributed by atoms with E-state index >= 15 is 0 Å². The lowest BCUT2D eigenvalue weighted by Crippen LogP contribution is -1.85. The fraction of sp³-hybridized carbons (Fsp3) is 0. The van der Waals surface area contributed by atoms with Crippen LogP contribution in [-0.2, 0) is 0 Å². The molecule has 9 heavy (non-hydrogen) atoms. The highest BCUT2D eigenvalue weighted by molar-refractivity contribution is 5.78. The molecule has 0 fully saturated rings. The molecule has 0 radical (unpaired) electrons. The van der Waals surface area contributed by atoms with Crippen LogP contribution in [-0.4, -0.2) is 6.21 Å². The highest BCUT2D eigenvalue weighted by atomic mass is 14.5. The summed E-state index contributed by atoms with van der Waals surface area (Å²) < 4.78 is 0. The van der Waals surface area contributed by atoms with Gasteiger partial charge in [0.2, 0.25) is 0 Å². The maximum atomic E-state index is 6.86. The van der Waals surface area contributed by atoms with Crippen molar-refractivity contribution < 1.29 is 0 Å². The number of nitrogens with one attached hydrogen (secondary N) is 1. The topological polar surface area (TPSA) is 49.9 Å². The van der Waals surface area contributed by atoms with Crippen LogP contribution in [0.25, 0.3) is 0 Å². The summed E-state index contributed by atoms with van der Waals surface area (Å²) in [5.41, 5.74) is 6.98. The molecule has 2 nitrogen and oxygen atoms in total. The Labute approximate surface area is 53.8 Å². The Balaban J connectivity index is 3.07. The van der Waals surface area contributed by atoms with Crippen molar-refractivity contribution in [2.45, 2.75) is 0 Å². The van der Waals surface area contributed by atoms with Crippen LogP contribution >= 0.6 is 0 Å². The molecule has 0 spiro atoms. The number of anilines is 1. The first-order valence-electron chi connectivity index (χ1n) is 2.69. The van der Waals surface area contributed by atoms with Crippen molar-refractivity contribution in [3.05, 3.63) is 29.8 Å². The van der Waals surface area contributed by atoms with Crippen LogP contribution in [0.2, 0.25) is 0 Å². The third-order valence-electron chi connectivity index (χ3n) is 1.08. The number of benzene rings is 1. The van der Waals surface area contributed by atoms with Gasteiger partial charge in [-0.15, -0.1) is 0 Å². The Morgan fingerprint density at radius 3 is 2.67 bits per heavy atom. The van der Waals surface area contributed by atoms with Crippen molar-refractivity contribution in [3.8, 4) is 0 Å². The smallest absolute Gasteiger partial charge is 0.0320 e. The normalized spacial score (nSPS) is 8.89. The molecule has 3 N–H and O–H groups in total. The zero-order valence-corrected chi connectivity index (χ0v) is 4.96. The lowest BCUT2D eigenvalue weighted by atomic mass is 10.2. The van der Waals surface area contributed by atoms with Crippen LogP contribution in [0.3, 0.4) is 0 Å². The summed E-state index contributed by atoms with van der Waals surface area (Å²) in [5, 5.41) is 6.86. The molecule has 0 aromatic heterocycles. The summed E-state index contributed by atoms with van der Waals surface area (Å²) in [6, 6.07) is 7.22. The van der Waals surface area contributed by atoms with Crippen molar-refractivity contribution in [1.82, 2.24) is 0 Å². The predicted molar refractivity (Wildman–Crippen MR) is 38.7 cm³/mol. The second-order valence-corrected chi connectivity index (χ2v) is 1.81. The monoisotopic (exact) mass is 120 g/mol.